The summed E-state index contributed by atoms with van der Waals surface area (Å²) in [6, 6.07) is 1.90. The van der Waals surface area contributed by atoms with Gasteiger partial charge in [-0.2, -0.15) is 0 Å². The molecule has 3 heteroatoms. The first-order valence-electron chi connectivity index (χ1n) is 5.28. The summed E-state index contributed by atoms with van der Waals surface area (Å²) < 4.78 is 5.74. The van der Waals surface area contributed by atoms with Crippen LogP contribution < -0.4 is 0 Å². The van der Waals surface area contributed by atoms with Crippen LogP contribution in [0.15, 0.2) is 10.5 Å². The molecule has 0 fully saturated rings. The molecular weight excluding hydrogens is 190 g/mol. The predicted molar refractivity (Wildman–Crippen MR) is 58.1 cm³/mol. The second-order valence-corrected chi connectivity index (χ2v) is 5.17. The Morgan fingerprint density at radius 1 is 1.40 bits per heavy atom. The van der Waals surface area contributed by atoms with Crippen molar-refractivity contribution >= 4 is 5.91 Å². The van der Waals surface area contributed by atoms with Gasteiger partial charge in [-0.3, -0.25) is 4.79 Å². The van der Waals surface area contributed by atoms with Crippen LogP contribution in [0.1, 0.15) is 42.6 Å². The van der Waals surface area contributed by atoms with Crippen LogP contribution in [0.2, 0.25) is 0 Å². The monoisotopic (exact) mass is 207 g/mol. The highest BCUT2D eigenvalue weighted by molar-refractivity contribution is 5.96. The van der Waals surface area contributed by atoms with E-state index in [9.17, 15) is 4.79 Å². The van der Waals surface area contributed by atoms with Crippen LogP contribution in [-0.4, -0.2) is 24.4 Å². The molecule has 2 heterocycles. The average Bonchev–Trinajstić information content (AvgIpc) is 2.55. The maximum atomic E-state index is 11.8. The van der Waals surface area contributed by atoms with Crippen LogP contribution >= 0.6 is 0 Å². The Morgan fingerprint density at radius 2 is 2.07 bits per heavy atom. The lowest BCUT2D eigenvalue weighted by molar-refractivity contribution is 0.0774. The van der Waals surface area contributed by atoms with Gasteiger partial charge in [0, 0.05) is 25.4 Å². The highest BCUT2D eigenvalue weighted by Crippen LogP contribution is 2.29. The van der Waals surface area contributed by atoms with Crippen molar-refractivity contribution in [1.29, 1.82) is 0 Å². The van der Waals surface area contributed by atoms with Gasteiger partial charge in [0.25, 0.3) is 5.91 Å². The van der Waals surface area contributed by atoms with Gasteiger partial charge in [0.1, 0.15) is 11.5 Å². The lowest BCUT2D eigenvalue weighted by Gasteiger charge is -2.20. The minimum absolute atomic E-state index is 0.0316. The van der Waals surface area contributed by atoms with Crippen molar-refractivity contribution in [2.75, 3.05) is 13.6 Å². The van der Waals surface area contributed by atoms with Gasteiger partial charge in [-0.25, -0.2) is 0 Å². The molecule has 0 aromatic carbocycles. The number of hydrogen-bond acceptors (Lipinski definition) is 2. The molecule has 0 bridgehead atoms. The number of likely N-dealkylation sites (N-methyl/N-ethyl adjacent to an activating group) is 1. The molecule has 3 nitrogen and oxygen atoms in total. The van der Waals surface area contributed by atoms with Crippen molar-refractivity contribution in [2.45, 2.75) is 32.6 Å². The molecule has 2 rings (SSSR count). The molecule has 0 saturated heterocycles. The van der Waals surface area contributed by atoms with Crippen molar-refractivity contribution in [3.8, 4) is 0 Å². The Labute approximate surface area is 90.1 Å². The maximum absolute atomic E-state index is 11.8. The van der Waals surface area contributed by atoms with E-state index in [1.165, 1.54) is 0 Å². The number of fused-ring (bicyclic) bond motifs is 1. The molecule has 82 valence electrons. The molecule has 1 aromatic heterocycles. The fraction of sp³-hybridized carbons (Fsp3) is 0.583. The minimum atomic E-state index is -0.0316. The molecule has 1 aliphatic heterocycles. The molecule has 0 atom stereocenters. The summed E-state index contributed by atoms with van der Waals surface area (Å²) in [5.41, 5.74) is 0.713. The zero-order valence-corrected chi connectivity index (χ0v) is 9.76. The van der Waals surface area contributed by atoms with E-state index < -0.39 is 0 Å². The van der Waals surface area contributed by atoms with Crippen LogP contribution in [0.4, 0.5) is 0 Å². The molecule has 1 amide bonds. The molecule has 1 aromatic rings. The van der Waals surface area contributed by atoms with E-state index in [1.807, 2.05) is 13.1 Å². The van der Waals surface area contributed by atoms with Crippen LogP contribution in [0.5, 0.6) is 0 Å². The second-order valence-electron chi connectivity index (χ2n) is 5.17. The van der Waals surface area contributed by atoms with Crippen LogP contribution in [-0.2, 0) is 11.8 Å². The molecule has 15 heavy (non-hydrogen) atoms. The molecule has 0 N–H and O–H groups in total. The Kier molecular flexibility index (Phi) is 2.14. The maximum Gasteiger partial charge on any atom is 0.257 e. The van der Waals surface area contributed by atoms with Crippen molar-refractivity contribution in [2.24, 2.45) is 0 Å². The Bertz CT molecular complexity index is 398. The van der Waals surface area contributed by atoms with Crippen LogP contribution in [0, 0.1) is 0 Å². The van der Waals surface area contributed by atoms with Gasteiger partial charge in [-0.15, -0.1) is 0 Å². The first-order chi connectivity index (χ1) is 6.89. The Hall–Kier alpha value is -1.25. The zero-order valence-electron chi connectivity index (χ0n) is 9.76. The number of rotatable bonds is 0. The number of furan rings is 1. The summed E-state index contributed by atoms with van der Waals surface area (Å²) in [4.78, 5) is 13.6. The SMILES string of the molecule is CN1CCc2oc(C(C)(C)C)cc2C1=O. The lowest BCUT2D eigenvalue weighted by atomic mass is 9.93. The quantitative estimate of drug-likeness (QED) is 0.653. The van der Waals surface area contributed by atoms with E-state index in [0.717, 1.165) is 30.0 Å². The number of amides is 1. The summed E-state index contributed by atoms with van der Waals surface area (Å²) in [5.74, 6) is 1.83. The summed E-state index contributed by atoms with van der Waals surface area (Å²) in [6.45, 7) is 7.02. The van der Waals surface area contributed by atoms with Gasteiger partial charge >= 0.3 is 0 Å². The van der Waals surface area contributed by atoms with Crippen LogP contribution in [0.25, 0.3) is 0 Å². The van der Waals surface area contributed by atoms with E-state index in [-0.39, 0.29) is 11.3 Å². The number of hydrogen-bond donors (Lipinski definition) is 0. The standard InChI is InChI=1S/C12H17NO2/c1-12(2,3)10-7-8-9(15-10)5-6-13(4)11(8)14/h7H,5-6H2,1-4H3. The Balaban J connectivity index is 2.44. The number of carbonyl (C=O) groups is 1. The summed E-state index contributed by atoms with van der Waals surface area (Å²) in [6.07, 6.45) is 0.827. The Morgan fingerprint density at radius 3 is 2.67 bits per heavy atom. The van der Waals surface area contributed by atoms with E-state index in [1.54, 1.807) is 4.90 Å². The molecule has 0 spiro atoms. The highest BCUT2D eigenvalue weighted by atomic mass is 16.3. The summed E-state index contributed by atoms with van der Waals surface area (Å²) in [7, 11) is 1.83. The third-order valence-electron chi connectivity index (χ3n) is 2.80. The van der Waals surface area contributed by atoms with Gasteiger partial charge in [0.15, 0.2) is 0 Å². The van der Waals surface area contributed by atoms with Gasteiger partial charge in [-0.05, 0) is 6.07 Å². The van der Waals surface area contributed by atoms with E-state index in [0.29, 0.717) is 0 Å². The third kappa shape index (κ3) is 1.66. The van der Waals surface area contributed by atoms with E-state index >= 15 is 0 Å². The number of carbonyl (C=O) groups excluding carboxylic acids is 1. The molecule has 0 aliphatic carbocycles. The van der Waals surface area contributed by atoms with Crippen molar-refractivity contribution in [3.63, 3.8) is 0 Å². The van der Waals surface area contributed by atoms with E-state index in [4.69, 9.17) is 4.42 Å². The van der Waals surface area contributed by atoms with Crippen molar-refractivity contribution in [3.05, 3.63) is 23.2 Å². The summed E-state index contributed by atoms with van der Waals surface area (Å²) >= 11 is 0. The molecular formula is C12H17NO2. The fourth-order valence-electron chi connectivity index (χ4n) is 1.74. The summed E-state index contributed by atoms with van der Waals surface area (Å²) in [5, 5.41) is 0. The molecule has 0 radical (unpaired) electrons. The average molecular weight is 207 g/mol. The largest absolute Gasteiger partial charge is 0.465 e. The topological polar surface area (TPSA) is 33.5 Å². The van der Waals surface area contributed by atoms with Gasteiger partial charge in [-0.1, -0.05) is 20.8 Å². The lowest BCUT2D eigenvalue weighted by Crippen LogP contribution is -2.33. The predicted octanol–water partition coefficient (Wildman–Crippen LogP) is 2.21. The van der Waals surface area contributed by atoms with Gasteiger partial charge in [0.2, 0.25) is 0 Å². The zero-order chi connectivity index (χ0) is 11.2. The van der Waals surface area contributed by atoms with Crippen LogP contribution in [0.3, 0.4) is 0 Å². The third-order valence-corrected chi connectivity index (χ3v) is 2.80. The van der Waals surface area contributed by atoms with E-state index in [2.05, 4.69) is 20.8 Å². The first kappa shape index (κ1) is 10.3. The van der Waals surface area contributed by atoms with Crippen molar-refractivity contribution in [1.82, 2.24) is 4.90 Å². The number of nitrogens with zero attached hydrogens (tertiary/aromatic N) is 1. The van der Waals surface area contributed by atoms with Crippen molar-refractivity contribution < 1.29 is 9.21 Å². The molecule has 0 saturated carbocycles. The van der Waals surface area contributed by atoms with Gasteiger partial charge in [0.05, 0.1) is 5.56 Å². The van der Waals surface area contributed by atoms with Gasteiger partial charge < -0.3 is 9.32 Å². The smallest absolute Gasteiger partial charge is 0.257 e. The highest BCUT2D eigenvalue weighted by Gasteiger charge is 2.29. The minimum Gasteiger partial charge on any atom is -0.465 e. The normalized spacial score (nSPS) is 16.8. The molecule has 0 unspecified atom stereocenters. The first-order valence-corrected chi connectivity index (χ1v) is 5.28. The second kappa shape index (κ2) is 3.12. The fourth-order valence-corrected chi connectivity index (χ4v) is 1.74. The molecule has 1 aliphatic rings.